The monoisotopic (exact) mass is 305 g/mol. The predicted octanol–water partition coefficient (Wildman–Crippen LogP) is 0.301. The highest BCUT2D eigenvalue weighted by molar-refractivity contribution is 5.94. The second kappa shape index (κ2) is 7.91. The van der Waals surface area contributed by atoms with Gasteiger partial charge < -0.3 is 20.7 Å². The molecule has 1 aliphatic rings. The Labute approximate surface area is 130 Å². The van der Waals surface area contributed by atoms with E-state index in [1.165, 1.54) is 0 Å². The summed E-state index contributed by atoms with van der Waals surface area (Å²) in [4.78, 5) is 24.1. The molecule has 6 heteroatoms. The lowest BCUT2D eigenvalue weighted by Gasteiger charge is -2.34. The number of ether oxygens (including phenoxy) is 1. The molecule has 2 amide bonds. The van der Waals surface area contributed by atoms with Crippen molar-refractivity contribution >= 4 is 11.8 Å². The number of hydrogen-bond acceptors (Lipinski definition) is 4. The molecule has 0 aliphatic carbocycles. The minimum Gasteiger partial charge on any atom is -0.368 e. The van der Waals surface area contributed by atoms with E-state index in [2.05, 4.69) is 16.0 Å². The first-order chi connectivity index (χ1) is 10.7. The summed E-state index contributed by atoms with van der Waals surface area (Å²) in [7, 11) is 1.57. The van der Waals surface area contributed by atoms with E-state index >= 15 is 0 Å². The van der Waals surface area contributed by atoms with Gasteiger partial charge in [-0.1, -0.05) is 18.2 Å². The van der Waals surface area contributed by atoms with Gasteiger partial charge in [-0.2, -0.15) is 0 Å². The summed E-state index contributed by atoms with van der Waals surface area (Å²) in [5.74, 6) is -0.247. The number of hydrogen-bond donors (Lipinski definition) is 3. The standard InChI is InChI=1S/C16H23N3O3/c1-22-16(7-9-17-10-8-16)15(21)19-12-11-18-14(20)13-5-3-2-4-6-13/h2-6,17H,7-12H2,1H3,(H,18,20)(H,19,21). The number of rotatable bonds is 6. The highest BCUT2D eigenvalue weighted by atomic mass is 16.5. The Morgan fingerprint density at radius 2 is 1.77 bits per heavy atom. The summed E-state index contributed by atoms with van der Waals surface area (Å²) in [5.41, 5.74) is -0.130. The van der Waals surface area contributed by atoms with Gasteiger partial charge in [0.15, 0.2) is 0 Å². The van der Waals surface area contributed by atoms with Gasteiger partial charge in [0.1, 0.15) is 5.60 Å². The van der Waals surface area contributed by atoms with Crippen molar-refractivity contribution in [1.82, 2.24) is 16.0 Å². The molecule has 2 rings (SSSR count). The lowest BCUT2D eigenvalue weighted by atomic mass is 9.91. The molecule has 0 radical (unpaired) electrons. The van der Waals surface area contributed by atoms with Crippen LogP contribution in [0.4, 0.5) is 0 Å². The third kappa shape index (κ3) is 4.05. The maximum atomic E-state index is 12.3. The first kappa shape index (κ1) is 16.5. The SMILES string of the molecule is COC1(C(=O)NCCNC(=O)c2ccccc2)CCNCC1. The van der Waals surface area contributed by atoms with Gasteiger partial charge in [0.05, 0.1) is 0 Å². The smallest absolute Gasteiger partial charge is 0.252 e. The molecule has 1 aliphatic heterocycles. The van der Waals surface area contributed by atoms with Crippen molar-refractivity contribution in [2.45, 2.75) is 18.4 Å². The molecule has 0 aromatic heterocycles. The summed E-state index contributed by atoms with van der Waals surface area (Å²) in [6.45, 7) is 2.31. The number of nitrogens with one attached hydrogen (secondary N) is 3. The average molecular weight is 305 g/mol. The van der Waals surface area contributed by atoms with Crippen LogP contribution in [-0.4, -0.2) is 50.7 Å². The van der Waals surface area contributed by atoms with Crippen molar-refractivity contribution in [2.24, 2.45) is 0 Å². The Bertz CT molecular complexity index is 499. The number of amides is 2. The van der Waals surface area contributed by atoms with E-state index in [4.69, 9.17) is 4.74 Å². The van der Waals surface area contributed by atoms with Gasteiger partial charge in [0.25, 0.3) is 11.8 Å². The average Bonchev–Trinajstić information content (AvgIpc) is 2.59. The van der Waals surface area contributed by atoms with Crippen molar-refractivity contribution in [1.29, 1.82) is 0 Å². The van der Waals surface area contributed by atoms with Crippen LogP contribution in [-0.2, 0) is 9.53 Å². The largest absolute Gasteiger partial charge is 0.368 e. The molecule has 1 heterocycles. The molecule has 0 unspecified atom stereocenters. The van der Waals surface area contributed by atoms with Gasteiger partial charge in [-0.25, -0.2) is 0 Å². The second-order valence-electron chi connectivity index (χ2n) is 5.33. The third-order valence-electron chi connectivity index (χ3n) is 3.95. The van der Waals surface area contributed by atoms with E-state index in [0.29, 0.717) is 31.5 Å². The Balaban J connectivity index is 1.74. The number of carbonyl (C=O) groups excluding carboxylic acids is 2. The molecule has 0 bridgehead atoms. The Hall–Kier alpha value is -1.92. The molecule has 0 saturated carbocycles. The predicted molar refractivity (Wildman–Crippen MR) is 83.6 cm³/mol. The molecular formula is C16H23N3O3. The summed E-state index contributed by atoms with van der Waals surface area (Å²) in [6.07, 6.45) is 1.32. The normalized spacial score (nSPS) is 16.8. The summed E-state index contributed by atoms with van der Waals surface area (Å²) in [5, 5.41) is 8.84. The molecule has 120 valence electrons. The number of methoxy groups -OCH3 is 1. The van der Waals surface area contributed by atoms with Gasteiger partial charge in [-0.15, -0.1) is 0 Å². The van der Waals surface area contributed by atoms with E-state index in [0.717, 1.165) is 13.1 Å². The lowest BCUT2D eigenvalue weighted by molar-refractivity contribution is -0.146. The maximum Gasteiger partial charge on any atom is 0.252 e. The van der Waals surface area contributed by atoms with Crippen LogP contribution in [0.15, 0.2) is 30.3 Å². The van der Waals surface area contributed by atoms with Crippen LogP contribution >= 0.6 is 0 Å². The summed E-state index contributed by atoms with van der Waals surface area (Å²) >= 11 is 0. The molecule has 0 spiro atoms. The van der Waals surface area contributed by atoms with E-state index in [1.54, 1.807) is 19.2 Å². The zero-order chi connectivity index (χ0) is 15.8. The van der Waals surface area contributed by atoms with Gasteiger partial charge in [0.2, 0.25) is 0 Å². The number of benzene rings is 1. The van der Waals surface area contributed by atoms with E-state index < -0.39 is 5.60 Å². The molecule has 6 nitrogen and oxygen atoms in total. The second-order valence-corrected chi connectivity index (χ2v) is 5.33. The van der Waals surface area contributed by atoms with E-state index in [1.807, 2.05) is 18.2 Å². The quantitative estimate of drug-likeness (QED) is 0.661. The van der Waals surface area contributed by atoms with Crippen molar-refractivity contribution in [2.75, 3.05) is 33.3 Å². The fourth-order valence-electron chi connectivity index (χ4n) is 2.56. The van der Waals surface area contributed by atoms with E-state index in [9.17, 15) is 9.59 Å². The first-order valence-corrected chi connectivity index (χ1v) is 7.55. The summed E-state index contributed by atoms with van der Waals surface area (Å²) < 4.78 is 5.45. The van der Waals surface area contributed by atoms with Crippen molar-refractivity contribution in [3.05, 3.63) is 35.9 Å². The molecule has 1 aromatic carbocycles. The van der Waals surface area contributed by atoms with Crippen molar-refractivity contribution in [3.8, 4) is 0 Å². The Kier molecular flexibility index (Phi) is 5.91. The van der Waals surface area contributed by atoms with Crippen LogP contribution in [0.25, 0.3) is 0 Å². The zero-order valence-corrected chi connectivity index (χ0v) is 12.9. The van der Waals surface area contributed by atoms with Crippen LogP contribution in [0.1, 0.15) is 23.2 Å². The van der Waals surface area contributed by atoms with Gasteiger partial charge in [-0.05, 0) is 38.1 Å². The molecule has 1 saturated heterocycles. The van der Waals surface area contributed by atoms with E-state index in [-0.39, 0.29) is 11.8 Å². The van der Waals surface area contributed by atoms with Crippen LogP contribution in [0.3, 0.4) is 0 Å². The van der Waals surface area contributed by atoms with Crippen LogP contribution in [0.2, 0.25) is 0 Å². The molecule has 1 aromatic rings. The van der Waals surface area contributed by atoms with Crippen LogP contribution in [0, 0.1) is 0 Å². The minimum atomic E-state index is -0.741. The van der Waals surface area contributed by atoms with Crippen molar-refractivity contribution in [3.63, 3.8) is 0 Å². The number of carbonyl (C=O) groups is 2. The third-order valence-corrected chi connectivity index (χ3v) is 3.95. The number of piperidine rings is 1. The molecule has 3 N–H and O–H groups in total. The van der Waals surface area contributed by atoms with Gasteiger partial charge in [0, 0.05) is 25.8 Å². The fourth-order valence-corrected chi connectivity index (χ4v) is 2.56. The molecular weight excluding hydrogens is 282 g/mol. The van der Waals surface area contributed by atoms with Gasteiger partial charge >= 0.3 is 0 Å². The van der Waals surface area contributed by atoms with Crippen molar-refractivity contribution < 1.29 is 14.3 Å². The zero-order valence-electron chi connectivity index (χ0n) is 12.9. The van der Waals surface area contributed by atoms with Crippen LogP contribution < -0.4 is 16.0 Å². The van der Waals surface area contributed by atoms with Gasteiger partial charge in [-0.3, -0.25) is 9.59 Å². The molecule has 22 heavy (non-hydrogen) atoms. The lowest BCUT2D eigenvalue weighted by Crippen LogP contribution is -2.54. The molecule has 1 fully saturated rings. The molecule has 0 atom stereocenters. The first-order valence-electron chi connectivity index (χ1n) is 7.55. The highest BCUT2D eigenvalue weighted by Gasteiger charge is 2.39. The topological polar surface area (TPSA) is 79.5 Å². The minimum absolute atomic E-state index is 0.106. The maximum absolute atomic E-state index is 12.3. The summed E-state index contributed by atoms with van der Waals surface area (Å²) in [6, 6.07) is 9.00. The Morgan fingerprint density at radius 1 is 1.14 bits per heavy atom. The Morgan fingerprint density at radius 3 is 2.41 bits per heavy atom. The highest BCUT2D eigenvalue weighted by Crippen LogP contribution is 2.22. The van der Waals surface area contributed by atoms with Crippen LogP contribution in [0.5, 0.6) is 0 Å². The fraction of sp³-hybridized carbons (Fsp3) is 0.500.